The van der Waals surface area contributed by atoms with Crippen LogP contribution in [0, 0.1) is 6.92 Å². The van der Waals surface area contributed by atoms with Gasteiger partial charge in [0.25, 0.3) is 15.6 Å². The number of hydrogen-bond acceptors (Lipinski definition) is 6. The van der Waals surface area contributed by atoms with Gasteiger partial charge < -0.3 is 20.9 Å². The maximum absolute atomic E-state index is 12.8. The van der Waals surface area contributed by atoms with Crippen LogP contribution in [-0.2, 0) is 10.0 Å². The second-order valence-corrected chi connectivity index (χ2v) is 8.25. The van der Waals surface area contributed by atoms with Crippen LogP contribution in [0.2, 0.25) is 0 Å². The van der Waals surface area contributed by atoms with Crippen molar-refractivity contribution in [2.24, 2.45) is 0 Å². The van der Waals surface area contributed by atoms with Crippen LogP contribution in [0.4, 0.5) is 11.5 Å². The number of anilines is 2. The van der Waals surface area contributed by atoms with Crippen molar-refractivity contribution in [1.29, 1.82) is 0 Å². The molecule has 0 saturated heterocycles. The predicted molar refractivity (Wildman–Crippen MR) is 113 cm³/mol. The number of H-pyrrole nitrogens is 1. The first-order chi connectivity index (χ1) is 14.5. The molecule has 3 aromatic rings. The van der Waals surface area contributed by atoms with Crippen LogP contribution in [0.5, 0.6) is 0 Å². The zero-order valence-corrected chi connectivity index (χ0v) is 16.9. The molecule has 6 N–H and O–H groups in total. The number of aromatic carboxylic acids is 2. The zero-order valence-electron chi connectivity index (χ0n) is 16.0. The molecule has 1 aromatic heterocycles. The standard InChI is InChI=1S/C20H17N3O7S/c1-10-6-8-11(9-7-10)31(29,30)23-13-5-3-2-4-12(13)14-15(19(25)26)17(21)22-18(24)16(14)20(27)28/h2-9,23H,1H3,(H,25,26)(H,27,28)(H3,21,22,24). The lowest BCUT2D eigenvalue weighted by atomic mass is 9.94. The highest BCUT2D eigenvalue weighted by molar-refractivity contribution is 7.92. The number of aromatic amines is 1. The fraction of sp³-hybridized carbons (Fsp3) is 0.0500. The molecule has 11 heteroatoms. The Morgan fingerprint density at radius 2 is 1.55 bits per heavy atom. The Balaban J connectivity index is 2.28. The molecule has 0 aliphatic carbocycles. The molecule has 0 aliphatic heterocycles. The summed E-state index contributed by atoms with van der Waals surface area (Å²) in [5.74, 6) is -3.86. The Morgan fingerprint density at radius 3 is 2.13 bits per heavy atom. The van der Waals surface area contributed by atoms with Crippen molar-refractivity contribution >= 4 is 33.5 Å². The van der Waals surface area contributed by atoms with E-state index in [0.29, 0.717) is 0 Å². The van der Waals surface area contributed by atoms with Gasteiger partial charge in [-0.15, -0.1) is 0 Å². The Labute approximate surface area is 176 Å². The van der Waals surface area contributed by atoms with Crippen molar-refractivity contribution in [1.82, 2.24) is 4.98 Å². The Morgan fingerprint density at radius 1 is 0.968 bits per heavy atom. The molecule has 0 saturated carbocycles. The zero-order chi connectivity index (χ0) is 22.9. The summed E-state index contributed by atoms with van der Waals surface area (Å²) in [5, 5.41) is 19.1. The second kappa shape index (κ2) is 7.95. The topological polar surface area (TPSA) is 180 Å². The lowest BCUT2D eigenvalue weighted by Gasteiger charge is -2.17. The van der Waals surface area contributed by atoms with Crippen LogP contribution < -0.4 is 16.0 Å². The number of para-hydroxylation sites is 1. The Hall–Kier alpha value is -4.12. The SMILES string of the molecule is Cc1ccc(S(=O)(=O)Nc2ccccc2-c2c(C(=O)O)c(N)[nH]c(=O)c2C(=O)O)cc1. The molecule has 0 amide bonds. The van der Waals surface area contributed by atoms with E-state index in [2.05, 4.69) is 4.72 Å². The van der Waals surface area contributed by atoms with Crippen LogP contribution in [0.25, 0.3) is 11.1 Å². The molecular formula is C20H17N3O7S. The monoisotopic (exact) mass is 443 g/mol. The summed E-state index contributed by atoms with van der Waals surface area (Å²) in [7, 11) is -4.11. The number of benzene rings is 2. The average Bonchev–Trinajstić information content (AvgIpc) is 2.67. The van der Waals surface area contributed by atoms with Crippen LogP contribution in [0.15, 0.2) is 58.2 Å². The van der Waals surface area contributed by atoms with Crippen LogP contribution >= 0.6 is 0 Å². The maximum Gasteiger partial charge on any atom is 0.342 e. The maximum atomic E-state index is 12.8. The molecule has 1 heterocycles. The third-order valence-electron chi connectivity index (χ3n) is 4.44. The number of aromatic nitrogens is 1. The minimum atomic E-state index is -4.11. The van der Waals surface area contributed by atoms with Gasteiger partial charge in [0.2, 0.25) is 0 Å². The number of hydrogen-bond donors (Lipinski definition) is 5. The quantitative estimate of drug-likeness (QED) is 0.384. The average molecular weight is 443 g/mol. The van der Waals surface area contributed by atoms with Crippen LogP contribution in [0.3, 0.4) is 0 Å². The van der Waals surface area contributed by atoms with E-state index >= 15 is 0 Å². The second-order valence-electron chi connectivity index (χ2n) is 6.57. The third-order valence-corrected chi connectivity index (χ3v) is 5.83. The Bertz CT molecular complexity index is 1360. The first kappa shape index (κ1) is 21.6. The van der Waals surface area contributed by atoms with Gasteiger partial charge in [-0.2, -0.15) is 0 Å². The number of sulfonamides is 1. The van der Waals surface area contributed by atoms with E-state index in [0.717, 1.165) is 5.56 Å². The van der Waals surface area contributed by atoms with Gasteiger partial charge in [0, 0.05) is 11.1 Å². The summed E-state index contributed by atoms with van der Waals surface area (Å²) in [4.78, 5) is 37.8. The molecule has 0 bridgehead atoms. The molecule has 160 valence electrons. The highest BCUT2D eigenvalue weighted by Gasteiger charge is 2.28. The number of nitrogen functional groups attached to an aromatic ring is 1. The molecule has 0 fully saturated rings. The molecule has 0 aliphatic rings. The highest BCUT2D eigenvalue weighted by Crippen LogP contribution is 2.35. The van der Waals surface area contributed by atoms with Gasteiger partial charge in [-0.3, -0.25) is 9.52 Å². The number of carbonyl (C=O) groups is 2. The minimum absolute atomic E-state index is 0.0600. The van der Waals surface area contributed by atoms with Crippen molar-refractivity contribution in [2.75, 3.05) is 10.5 Å². The van der Waals surface area contributed by atoms with Gasteiger partial charge >= 0.3 is 11.9 Å². The molecule has 0 spiro atoms. The molecule has 31 heavy (non-hydrogen) atoms. The molecule has 0 atom stereocenters. The fourth-order valence-corrected chi connectivity index (χ4v) is 4.11. The molecule has 2 aromatic carbocycles. The minimum Gasteiger partial charge on any atom is -0.478 e. The van der Waals surface area contributed by atoms with E-state index in [4.69, 9.17) is 5.73 Å². The van der Waals surface area contributed by atoms with E-state index in [1.54, 1.807) is 19.1 Å². The van der Waals surface area contributed by atoms with Crippen molar-refractivity contribution in [3.05, 3.63) is 75.6 Å². The van der Waals surface area contributed by atoms with Crippen molar-refractivity contribution in [2.45, 2.75) is 11.8 Å². The summed E-state index contributed by atoms with van der Waals surface area (Å²) in [6, 6.07) is 11.5. The van der Waals surface area contributed by atoms with E-state index < -0.39 is 50.0 Å². The number of carboxylic acids is 2. The fourth-order valence-electron chi connectivity index (χ4n) is 3.03. The van der Waals surface area contributed by atoms with Crippen LogP contribution in [-0.4, -0.2) is 35.6 Å². The Kier molecular flexibility index (Phi) is 5.54. The predicted octanol–water partition coefficient (Wildman–Crippen LogP) is 2.13. The first-order valence-electron chi connectivity index (χ1n) is 8.74. The smallest absolute Gasteiger partial charge is 0.342 e. The van der Waals surface area contributed by atoms with Gasteiger partial charge in [0.1, 0.15) is 16.9 Å². The number of nitrogens with one attached hydrogen (secondary N) is 2. The number of nitrogens with two attached hydrogens (primary N) is 1. The van der Waals surface area contributed by atoms with Crippen molar-refractivity contribution in [3.63, 3.8) is 0 Å². The number of aryl methyl sites for hydroxylation is 1. The van der Waals surface area contributed by atoms with Crippen molar-refractivity contribution < 1.29 is 28.2 Å². The van der Waals surface area contributed by atoms with Gasteiger partial charge in [-0.1, -0.05) is 35.9 Å². The molecule has 0 radical (unpaired) electrons. The number of rotatable bonds is 6. The van der Waals surface area contributed by atoms with E-state index in [-0.39, 0.29) is 16.1 Å². The van der Waals surface area contributed by atoms with Gasteiger partial charge in [-0.25, -0.2) is 18.0 Å². The summed E-state index contributed by atoms with van der Waals surface area (Å²) < 4.78 is 28.0. The first-order valence-corrected chi connectivity index (χ1v) is 10.2. The summed E-state index contributed by atoms with van der Waals surface area (Å²) in [5.41, 5.74) is 3.04. The largest absolute Gasteiger partial charge is 0.478 e. The van der Waals surface area contributed by atoms with Crippen LogP contribution in [0.1, 0.15) is 26.3 Å². The third kappa shape index (κ3) is 4.12. The summed E-state index contributed by atoms with van der Waals surface area (Å²) >= 11 is 0. The molecule has 0 unspecified atom stereocenters. The number of pyridine rings is 1. The lowest BCUT2D eigenvalue weighted by molar-refractivity contribution is 0.0695. The normalized spacial score (nSPS) is 11.1. The van der Waals surface area contributed by atoms with E-state index in [1.807, 2.05) is 4.98 Å². The van der Waals surface area contributed by atoms with Crippen molar-refractivity contribution in [3.8, 4) is 11.1 Å². The van der Waals surface area contributed by atoms with E-state index in [9.17, 15) is 33.0 Å². The molecular weight excluding hydrogens is 426 g/mol. The highest BCUT2D eigenvalue weighted by atomic mass is 32.2. The summed E-state index contributed by atoms with van der Waals surface area (Å²) in [6.45, 7) is 1.79. The van der Waals surface area contributed by atoms with Gasteiger partial charge in [-0.05, 0) is 25.1 Å². The number of carboxylic acid groups (broad SMARTS) is 2. The van der Waals surface area contributed by atoms with E-state index in [1.165, 1.54) is 36.4 Å². The molecule has 10 nitrogen and oxygen atoms in total. The van der Waals surface area contributed by atoms with Gasteiger partial charge in [0.05, 0.1) is 10.6 Å². The summed E-state index contributed by atoms with van der Waals surface area (Å²) in [6.07, 6.45) is 0. The van der Waals surface area contributed by atoms with Gasteiger partial charge in [0.15, 0.2) is 0 Å². The lowest BCUT2D eigenvalue weighted by Crippen LogP contribution is -2.24. The molecule has 3 rings (SSSR count).